The maximum absolute atomic E-state index is 11.6. The van der Waals surface area contributed by atoms with Crippen molar-refractivity contribution in [2.75, 3.05) is 6.54 Å². The molecule has 0 aromatic carbocycles. The number of hydrogen-bond donors (Lipinski definition) is 2. The van der Waals surface area contributed by atoms with Gasteiger partial charge in [0.2, 0.25) is 5.91 Å². The molecule has 0 bridgehead atoms. The Balaban J connectivity index is 2.19. The minimum Gasteiger partial charge on any atom is -0.353 e. The van der Waals surface area contributed by atoms with Gasteiger partial charge >= 0.3 is 0 Å². The molecule has 0 aliphatic carbocycles. The van der Waals surface area contributed by atoms with Crippen LogP contribution in [-0.2, 0) is 11.3 Å². The Kier molecular flexibility index (Phi) is 5.69. The van der Waals surface area contributed by atoms with Crippen LogP contribution in [0.5, 0.6) is 0 Å². The van der Waals surface area contributed by atoms with Crippen LogP contribution in [0.25, 0.3) is 0 Å². The van der Waals surface area contributed by atoms with Crippen molar-refractivity contribution in [3.05, 3.63) is 18.0 Å². The standard InChI is InChI=1S/C12H22N4O/c1-3-4-5-11(13)12(17)14-6-7-16-9-10(2)8-15-16/h8-9,11H,3-7,13H2,1-2H3,(H,14,17)/t11-/m0/s1. The van der Waals surface area contributed by atoms with Crippen LogP contribution in [0.3, 0.4) is 0 Å². The SMILES string of the molecule is CCCC[C@H](N)C(=O)NCCn1cc(C)cn1. The summed E-state index contributed by atoms with van der Waals surface area (Å²) in [5.41, 5.74) is 6.87. The van der Waals surface area contributed by atoms with Crippen LogP contribution >= 0.6 is 0 Å². The minimum atomic E-state index is -0.380. The van der Waals surface area contributed by atoms with E-state index in [4.69, 9.17) is 5.73 Å². The van der Waals surface area contributed by atoms with Crippen LogP contribution in [0.2, 0.25) is 0 Å². The van der Waals surface area contributed by atoms with Crippen molar-refractivity contribution < 1.29 is 4.79 Å². The van der Waals surface area contributed by atoms with E-state index in [1.807, 2.05) is 17.8 Å². The molecule has 3 N–H and O–H groups in total. The van der Waals surface area contributed by atoms with E-state index in [0.29, 0.717) is 13.1 Å². The third-order valence-corrected chi connectivity index (χ3v) is 2.61. The average Bonchev–Trinajstić information content (AvgIpc) is 2.71. The van der Waals surface area contributed by atoms with Crippen molar-refractivity contribution in [1.29, 1.82) is 0 Å². The molecule has 17 heavy (non-hydrogen) atoms. The Morgan fingerprint density at radius 3 is 3.00 bits per heavy atom. The van der Waals surface area contributed by atoms with E-state index in [2.05, 4.69) is 17.3 Å². The lowest BCUT2D eigenvalue weighted by molar-refractivity contribution is -0.122. The molecule has 0 unspecified atom stereocenters. The van der Waals surface area contributed by atoms with Crippen LogP contribution in [0.1, 0.15) is 31.7 Å². The number of rotatable bonds is 7. The summed E-state index contributed by atoms with van der Waals surface area (Å²) in [5.74, 6) is -0.0673. The van der Waals surface area contributed by atoms with Gasteiger partial charge in [-0.3, -0.25) is 9.48 Å². The lowest BCUT2D eigenvalue weighted by atomic mass is 10.1. The predicted octanol–water partition coefficient (Wildman–Crippen LogP) is 0.825. The summed E-state index contributed by atoms with van der Waals surface area (Å²) >= 11 is 0. The molecular formula is C12H22N4O. The number of hydrogen-bond acceptors (Lipinski definition) is 3. The van der Waals surface area contributed by atoms with Gasteiger partial charge in [0.05, 0.1) is 18.8 Å². The van der Waals surface area contributed by atoms with Crippen molar-refractivity contribution in [2.24, 2.45) is 5.73 Å². The van der Waals surface area contributed by atoms with Crippen molar-refractivity contribution in [3.8, 4) is 0 Å². The highest BCUT2D eigenvalue weighted by Gasteiger charge is 2.11. The zero-order valence-electron chi connectivity index (χ0n) is 10.6. The number of amides is 1. The number of nitrogens with one attached hydrogen (secondary N) is 1. The molecule has 1 aromatic heterocycles. The van der Waals surface area contributed by atoms with Crippen molar-refractivity contribution >= 4 is 5.91 Å². The molecule has 0 aliphatic heterocycles. The first-order valence-corrected chi connectivity index (χ1v) is 6.16. The molecule has 5 nitrogen and oxygen atoms in total. The molecular weight excluding hydrogens is 216 g/mol. The topological polar surface area (TPSA) is 72.9 Å². The van der Waals surface area contributed by atoms with E-state index >= 15 is 0 Å². The number of aromatic nitrogens is 2. The quantitative estimate of drug-likeness (QED) is 0.739. The Labute approximate surface area is 102 Å². The normalized spacial score (nSPS) is 12.4. The fraction of sp³-hybridized carbons (Fsp3) is 0.667. The van der Waals surface area contributed by atoms with Gasteiger partial charge in [-0.05, 0) is 18.9 Å². The van der Waals surface area contributed by atoms with Crippen molar-refractivity contribution in [2.45, 2.75) is 45.7 Å². The van der Waals surface area contributed by atoms with E-state index < -0.39 is 0 Å². The van der Waals surface area contributed by atoms with Gasteiger partial charge in [-0.25, -0.2) is 0 Å². The third kappa shape index (κ3) is 4.99. The molecule has 0 aliphatic rings. The first kappa shape index (κ1) is 13.7. The average molecular weight is 238 g/mol. The van der Waals surface area contributed by atoms with E-state index in [1.54, 1.807) is 6.20 Å². The number of carbonyl (C=O) groups excluding carboxylic acids is 1. The summed E-state index contributed by atoms with van der Waals surface area (Å²) in [6, 6.07) is -0.380. The zero-order chi connectivity index (χ0) is 12.7. The maximum atomic E-state index is 11.6. The smallest absolute Gasteiger partial charge is 0.236 e. The number of nitrogens with two attached hydrogens (primary N) is 1. The summed E-state index contributed by atoms with van der Waals surface area (Å²) in [6.07, 6.45) is 6.56. The van der Waals surface area contributed by atoms with Crippen LogP contribution in [0.15, 0.2) is 12.4 Å². The Morgan fingerprint density at radius 2 is 2.41 bits per heavy atom. The van der Waals surface area contributed by atoms with Gasteiger partial charge in [-0.2, -0.15) is 5.10 Å². The number of unbranched alkanes of at least 4 members (excludes halogenated alkanes) is 1. The van der Waals surface area contributed by atoms with Crippen molar-refractivity contribution in [1.82, 2.24) is 15.1 Å². The van der Waals surface area contributed by atoms with E-state index in [9.17, 15) is 4.79 Å². The van der Waals surface area contributed by atoms with E-state index in [-0.39, 0.29) is 11.9 Å². The van der Waals surface area contributed by atoms with Gasteiger partial charge in [-0.15, -0.1) is 0 Å². The van der Waals surface area contributed by atoms with Gasteiger partial charge in [0.1, 0.15) is 0 Å². The lowest BCUT2D eigenvalue weighted by Gasteiger charge is -2.11. The number of aryl methyl sites for hydroxylation is 1. The summed E-state index contributed by atoms with van der Waals surface area (Å²) < 4.78 is 1.81. The highest BCUT2D eigenvalue weighted by Crippen LogP contribution is 1.98. The van der Waals surface area contributed by atoms with Crippen LogP contribution in [0, 0.1) is 6.92 Å². The first-order valence-electron chi connectivity index (χ1n) is 6.16. The van der Waals surface area contributed by atoms with Gasteiger partial charge in [0.15, 0.2) is 0 Å². The van der Waals surface area contributed by atoms with Crippen molar-refractivity contribution in [3.63, 3.8) is 0 Å². The summed E-state index contributed by atoms with van der Waals surface area (Å²) in [5, 5.41) is 6.97. The molecule has 1 atom stereocenters. The highest BCUT2D eigenvalue weighted by molar-refractivity contribution is 5.81. The molecule has 0 fully saturated rings. The van der Waals surface area contributed by atoms with Gasteiger partial charge in [0.25, 0.3) is 0 Å². The molecule has 0 radical (unpaired) electrons. The van der Waals surface area contributed by atoms with E-state index in [1.165, 1.54) is 0 Å². The fourth-order valence-electron chi connectivity index (χ4n) is 1.57. The molecule has 1 aromatic rings. The van der Waals surface area contributed by atoms with E-state index in [0.717, 1.165) is 24.8 Å². The van der Waals surface area contributed by atoms with Crippen LogP contribution in [-0.4, -0.2) is 28.3 Å². The minimum absolute atomic E-state index is 0.0673. The summed E-state index contributed by atoms with van der Waals surface area (Å²) in [7, 11) is 0. The predicted molar refractivity (Wildman–Crippen MR) is 67.5 cm³/mol. The van der Waals surface area contributed by atoms with Gasteiger partial charge in [0, 0.05) is 12.7 Å². The highest BCUT2D eigenvalue weighted by atomic mass is 16.2. The first-order chi connectivity index (χ1) is 8.13. The molecule has 1 heterocycles. The second-order valence-electron chi connectivity index (χ2n) is 4.32. The summed E-state index contributed by atoms with van der Waals surface area (Å²) in [4.78, 5) is 11.6. The third-order valence-electron chi connectivity index (χ3n) is 2.61. The van der Waals surface area contributed by atoms with Gasteiger partial charge < -0.3 is 11.1 Å². The molecule has 5 heteroatoms. The van der Waals surface area contributed by atoms with Crippen LogP contribution < -0.4 is 11.1 Å². The molecule has 0 saturated heterocycles. The van der Waals surface area contributed by atoms with Crippen LogP contribution in [0.4, 0.5) is 0 Å². The fourth-order valence-corrected chi connectivity index (χ4v) is 1.57. The monoisotopic (exact) mass is 238 g/mol. The number of nitrogens with zero attached hydrogens (tertiary/aromatic N) is 2. The Bertz CT molecular complexity index is 348. The second kappa shape index (κ2) is 7.06. The second-order valence-corrected chi connectivity index (χ2v) is 4.32. The Morgan fingerprint density at radius 1 is 1.65 bits per heavy atom. The summed E-state index contributed by atoms with van der Waals surface area (Å²) in [6.45, 7) is 5.33. The lowest BCUT2D eigenvalue weighted by Crippen LogP contribution is -2.41. The number of carbonyl (C=O) groups is 1. The largest absolute Gasteiger partial charge is 0.353 e. The molecule has 0 spiro atoms. The molecule has 0 saturated carbocycles. The van der Waals surface area contributed by atoms with Gasteiger partial charge in [-0.1, -0.05) is 19.8 Å². The molecule has 1 amide bonds. The zero-order valence-corrected chi connectivity index (χ0v) is 10.6. The Hall–Kier alpha value is -1.36. The molecule has 96 valence electrons. The maximum Gasteiger partial charge on any atom is 0.236 e. The molecule has 1 rings (SSSR count).